The maximum Gasteiger partial charge on any atom is 0.0115 e. The van der Waals surface area contributed by atoms with E-state index in [2.05, 4.69) is 13.0 Å². The minimum Gasteiger partial charge on any atom is -0.402 e. The molecule has 0 saturated carbocycles. The summed E-state index contributed by atoms with van der Waals surface area (Å²) in [5, 5.41) is 0. The van der Waals surface area contributed by atoms with Crippen molar-refractivity contribution in [2.24, 2.45) is 11.7 Å². The largest absolute Gasteiger partial charge is 0.402 e. The molecule has 0 bridgehead atoms. The summed E-state index contributed by atoms with van der Waals surface area (Å²) in [7, 11) is 0. The molecule has 1 atom stereocenters. The Labute approximate surface area is 56.2 Å². The highest BCUT2D eigenvalue weighted by molar-refractivity contribution is 5.17. The van der Waals surface area contributed by atoms with Crippen molar-refractivity contribution >= 4 is 0 Å². The molecule has 0 aromatic heterocycles. The first kappa shape index (κ1) is 6.40. The molecule has 0 aromatic carbocycles. The van der Waals surface area contributed by atoms with Gasteiger partial charge < -0.3 is 5.73 Å². The Bertz CT molecular complexity index is 145. The van der Waals surface area contributed by atoms with E-state index in [-0.39, 0.29) is 0 Å². The van der Waals surface area contributed by atoms with Crippen molar-refractivity contribution in [3.8, 4) is 0 Å². The Morgan fingerprint density at radius 3 is 3.00 bits per heavy atom. The third-order valence-corrected chi connectivity index (χ3v) is 1.81. The highest BCUT2D eigenvalue weighted by atomic mass is 14.6. The summed E-state index contributed by atoms with van der Waals surface area (Å²) in [5.41, 5.74) is 6.74. The maximum absolute atomic E-state index is 5.70. The van der Waals surface area contributed by atoms with Crippen LogP contribution in [0.4, 0.5) is 0 Å². The molecule has 9 heavy (non-hydrogen) atoms. The average Bonchev–Trinajstić information content (AvgIpc) is 1.89. The second kappa shape index (κ2) is 2.72. The molecule has 0 radical (unpaired) electrons. The molecule has 1 unspecified atom stereocenters. The standard InChI is InChI=1S/C8H13N/c1-2-7-5-3-4-6-8(7)9/h3-4,6-7H,2,5,9H2,1H3. The molecule has 50 valence electrons. The predicted molar refractivity (Wildman–Crippen MR) is 39.8 cm³/mol. The zero-order chi connectivity index (χ0) is 6.69. The van der Waals surface area contributed by atoms with Gasteiger partial charge in [-0.05, 0) is 18.9 Å². The van der Waals surface area contributed by atoms with Gasteiger partial charge in [0, 0.05) is 11.6 Å². The van der Waals surface area contributed by atoms with E-state index < -0.39 is 0 Å². The second-order valence-electron chi connectivity index (χ2n) is 2.44. The molecule has 0 spiro atoms. The lowest BCUT2D eigenvalue weighted by molar-refractivity contribution is 0.588. The van der Waals surface area contributed by atoms with Gasteiger partial charge in [-0.3, -0.25) is 0 Å². The summed E-state index contributed by atoms with van der Waals surface area (Å²) in [6.45, 7) is 2.17. The van der Waals surface area contributed by atoms with E-state index in [0.717, 1.165) is 18.5 Å². The molecule has 0 aliphatic heterocycles. The number of allylic oxidation sites excluding steroid dienone is 4. The fourth-order valence-electron chi connectivity index (χ4n) is 1.10. The molecule has 0 heterocycles. The Hall–Kier alpha value is -0.720. The average molecular weight is 123 g/mol. The van der Waals surface area contributed by atoms with E-state index in [0.29, 0.717) is 5.92 Å². The van der Waals surface area contributed by atoms with Crippen molar-refractivity contribution in [3.63, 3.8) is 0 Å². The molecule has 0 aromatic rings. The smallest absolute Gasteiger partial charge is 0.0115 e. The summed E-state index contributed by atoms with van der Waals surface area (Å²) in [5.74, 6) is 0.606. The molecule has 1 aliphatic rings. The highest BCUT2D eigenvalue weighted by Gasteiger charge is 2.08. The maximum atomic E-state index is 5.70. The van der Waals surface area contributed by atoms with Crippen LogP contribution in [-0.4, -0.2) is 0 Å². The van der Waals surface area contributed by atoms with Gasteiger partial charge in [-0.2, -0.15) is 0 Å². The van der Waals surface area contributed by atoms with Crippen LogP contribution in [0.1, 0.15) is 19.8 Å². The molecule has 1 heteroatoms. The van der Waals surface area contributed by atoms with E-state index >= 15 is 0 Å². The molecule has 0 fully saturated rings. The van der Waals surface area contributed by atoms with Crippen LogP contribution < -0.4 is 5.73 Å². The quantitative estimate of drug-likeness (QED) is 0.565. The molecule has 2 N–H and O–H groups in total. The second-order valence-corrected chi connectivity index (χ2v) is 2.44. The third kappa shape index (κ3) is 1.35. The minimum atomic E-state index is 0.606. The Kier molecular flexibility index (Phi) is 1.93. The number of rotatable bonds is 1. The zero-order valence-corrected chi connectivity index (χ0v) is 5.80. The van der Waals surface area contributed by atoms with Gasteiger partial charge in [0.25, 0.3) is 0 Å². The van der Waals surface area contributed by atoms with Crippen LogP contribution in [0.3, 0.4) is 0 Å². The van der Waals surface area contributed by atoms with Gasteiger partial charge in [0.1, 0.15) is 0 Å². The Morgan fingerprint density at radius 1 is 1.78 bits per heavy atom. The van der Waals surface area contributed by atoms with Gasteiger partial charge in [0.2, 0.25) is 0 Å². The van der Waals surface area contributed by atoms with E-state index in [4.69, 9.17) is 5.73 Å². The van der Waals surface area contributed by atoms with Gasteiger partial charge in [-0.1, -0.05) is 19.1 Å². The van der Waals surface area contributed by atoms with Crippen LogP contribution in [0, 0.1) is 5.92 Å². The summed E-state index contributed by atoms with van der Waals surface area (Å²) < 4.78 is 0. The van der Waals surface area contributed by atoms with Crippen LogP contribution in [0.2, 0.25) is 0 Å². The first-order chi connectivity index (χ1) is 4.34. The number of nitrogens with two attached hydrogens (primary N) is 1. The Balaban J connectivity index is 2.59. The lowest BCUT2D eigenvalue weighted by atomic mass is 9.95. The van der Waals surface area contributed by atoms with Gasteiger partial charge in [0.05, 0.1) is 0 Å². The Morgan fingerprint density at radius 2 is 2.56 bits per heavy atom. The van der Waals surface area contributed by atoms with Crippen LogP contribution >= 0.6 is 0 Å². The van der Waals surface area contributed by atoms with Gasteiger partial charge >= 0.3 is 0 Å². The molecular weight excluding hydrogens is 110 g/mol. The van der Waals surface area contributed by atoms with Gasteiger partial charge in [-0.15, -0.1) is 0 Å². The molecular formula is C8H13N. The third-order valence-electron chi connectivity index (χ3n) is 1.81. The first-order valence-electron chi connectivity index (χ1n) is 3.46. The van der Waals surface area contributed by atoms with Crippen LogP contribution in [0.25, 0.3) is 0 Å². The number of hydrogen-bond donors (Lipinski definition) is 1. The first-order valence-corrected chi connectivity index (χ1v) is 3.46. The van der Waals surface area contributed by atoms with Gasteiger partial charge in [-0.25, -0.2) is 0 Å². The fraction of sp³-hybridized carbons (Fsp3) is 0.500. The topological polar surface area (TPSA) is 26.0 Å². The summed E-state index contributed by atoms with van der Waals surface area (Å²) in [6, 6.07) is 0. The van der Waals surface area contributed by atoms with Gasteiger partial charge in [0.15, 0.2) is 0 Å². The van der Waals surface area contributed by atoms with Crippen molar-refractivity contribution < 1.29 is 0 Å². The van der Waals surface area contributed by atoms with Crippen molar-refractivity contribution in [1.29, 1.82) is 0 Å². The lowest BCUT2D eigenvalue weighted by Crippen LogP contribution is -2.11. The van der Waals surface area contributed by atoms with Crippen molar-refractivity contribution in [2.45, 2.75) is 19.8 Å². The molecule has 1 rings (SSSR count). The minimum absolute atomic E-state index is 0.606. The molecule has 1 aliphatic carbocycles. The van der Waals surface area contributed by atoms with Crippen molar-refractivity contribution in [3.05, 3.63) is 23.9 Å². The van der Waals surface area contributed by atoms with Crippen molar-refractivity contribution in [1.82, 2.24) is 0 Å². The highest BCUT2D eigenvalue weighted by Crippen LogP contribution is 2.18. The summed E-state index contributed by atoms with van der Waals surface area (Å²) >= 11 is 0. The van der Waals surface area contributed by atoms with Crippen LogP contribution in [0.15, 0.2) is 23.9 Å². The van der Waals surface area contributed by atoms with E-state index in [9.17, 15) is 0 Å². The van der Waals surface area contributed by atoms with Crippen LogP contribution in [0.5, 0.6) is 0 Å². The van der Waals surface area contributed by atoms with Crippen molar-refractivity contribution in [2.75, 3.05) is 0 Å². The van der Waals surface area contributed by atoms with E-state index in [1.54, 1.807) is 0 Å². The fourth-order valence-corrected chi connectivity index (χ4v) is 1.10. The molecule has 1 nitrogen and oxygen atoms in total. The monoisotopic (exact) mass is 123 g/mol. The van der Waals surface area contributed by atoms with E-state index in [1.807, 2.05) is 12.2 Å². The summed E-state index contributed by atoms with van der Waals surface area (Å²) in [6.07, 6.45) is 8.48. The molecule has 0 saturated heterocycles. The normalized spacial score (nSPS) is 25.9. The lowest BCUT2D eigenvalue weighted by Gasteiger charge is -2.14. The molecule has 0 amide bonds. The number of hydrogen-bond acceptors (Lipinski definition) is 1. The van der Waals surface area contributed by atoms with E-state index in [1.165, 1.54) is 0 Å². The predicted octanol–water partition coefficient (Wildman–Crippen LogP) is 1.82. The summed E-state index contributed by atoms with van der Waals surface area (Å²) in [4.78, 5) is 0. The van der Waals surface area contributed by atoms with Crippen LogP contribution in [-0.2, 0) is 0 Å². The zero-order valence-electron chi connectivity index (χ0n) is 5.80. The SMILES string of the molecule is CCC1CC=CC=C1N.